The molecule has 0 radical (unpaired) electrons. The molecule has 0 atom stereocenters. The third-order valence-electron chi connectivity index (χ3n) is 1.73. The average Bonchev–Trinajstić information content (AvgIpc) is 2.16. The van der Waals surface area contributed by atoms with E-state index in [-0.39, 0.29) is 17.8 Å². The van der Waals surface area contributed by atoms with E-state index in [2.05, 4.69) is 4.98 Å². The standard InChI is InChI=1S/C8H9F2IN2O/c9-8(10)7-5(3-14)6(11)1-4(2-12)13-7/h1,8,14H,2-3,12H2. The Morgan fingerprint density at radius 1 is 1.57 bits per heavy atom. The van der Waals surface area contributed by atoms with Gasteiger partial charge in [-0.3, -0.25) is 4.98 Å². The monoisotopic (exact) mass is 314 g/mol. The Labute approximate surface area is 93.5 Å². The highest BCUT2D eigenvalue weighted by molar-refractivity contribution is 14.1. The van der Waals surface area contributed by atoms with Gasteiger partial charge in [-0.1, -0.05) is 0 Å². The van der Waals surface area contributed by atoms with Gasteiger partial charge in [0.25, 0.3) is 6.43 Å². The first-order valence-electron chi connectivity index (χ1n) is 3.87. The van der Waals surface area contributed by atoms with Crippen LogP contribution in [-0.4, -0.2) is 10.1 Å². The highest BCUT2D eigenvalue weighted by atomic mass is 127. The largest absolute Gasteiger partial charge is 0.392 e. The molecule has 0 aromatic carbocycles. The third kappa shape index (κ3) is 2.37. The SMILES string of the molecule is NCc1cc(I)c(CO)c(C(F)F)n1. The van der Waals surface area contributed by atoms with Crippen LogP contribution in [0.4, 0.5) is 8.78 Å². The molecule has 14 heavy (non-hydrogen) atoms. The van der Waals surface area contributed by atoms with Crippen molar-refractivity contribution in [3.63, 3.8) is 0 Å². The second kappa shape index (κ2) is 4.94. The quantitative estimate of drug-likeness (QED) is 0.833. The number of rotatable bonds is 3. The van der Waals surface area contributed by atoms with E-state index < -0.39 is 13.0 Å². The lowest BCUT2D eigenvalue weighted by Gasteiger charge is -2.09. The molecule has 0 aliphatic carbocycles. The van der Waals surface area contributed by atoms with Crippen LogP contribution in [0.15, 0.2) is 6.07 Å². The number of alkyl halides is 2. The van der Waals surface area contributed by atoms with Gasteiger partial charge in [-0.15, -0.1) is 0 Å². The Bertz CT molecular complexity index is 333. The summed E-state index contributed by atoms with van der Waals surface area (Å²) < 4.78 is 25.6. The minimum Gasteiger partial charge on any atom is -0.392 e. The van der Waals surface area contributed by atoms with Crippen LogP contribution in [0.5, 0.6) is 0 Å². The molecule has 1 heterocycles. The van der Waals surface area contributed by atoms with E-state index in [9.17, 15) is 8.78 Å². The molecule has 0 aliphatic heterocycles. The molecule has 0 aliphatic rings. The van der Waals surface area contributed by atoms with E-state index in [1.165, 1.54) is 0 Å². The molecule has 0 spiro atoms. The third-order valence-corrected chi connectivity index (χ3v) is 2.69. The molecule has 3 N–H and O–H groups in total. The average molecular weight is 314 g/mol. The minimum absolute atomic E-state index is 0.113. The van der Waals surface area contributed by atoms with Crippen molar-refractivity contribution in [1.29, 1.82) is 0 Å². The van der Waals surface area contributed by atoms with Crippen molar-refractivity contribution < 1.29 is 13.9 Å². The number of halogens is 3. The summed E-state index contributed by atoms with van der Waals surface area (Å²) in [6, 6.07) is 1.60. The maximum atomic E-state index is 12.5. The normalized spacial score (nSPS) is 11.0. The van der Waals surface area contributed by atoms with Gasteiger partial charge in [-0.2, -0.15) is 0 Å². The molecule has 78 valence electrons. The Balaban J connectivity index is 3.28. The van der Waals surface area contributed by atoms with Crippen LogP contribution >= 0.6 is 22.6 Å². The molecule has 1 aromatic heterocycles. The van der Waals surface area contributed by atoms with Gasteiger partial charge in [0, 0.05) is 15.7 Å². The molecule has 0 saturated carbocycles. The first-order chi connectivity index (χ1) is 6.60. The van der Waals surface area contributed by atoms with Crippen LogP contribution in [0.2, 0.25) is 0 Å². The van der Waals surface area contributed by atoms with Crippen molar-refractivity contribution in [2.45, 2.75) is 19.6 Å². The molecule has 6 heteroatoms. The van der Waals surface area contributed by atoms with Crippen LogP contribution in [0.25, 0.3) is 0 Å². The van der Waals surface area contributed by atoms with Gasteiger partial charge in [0.2, 0.25) is 0 Å². The number of aliphatic hydroxyl groups excluding tert-OH is 1. The smallest absolute Gasteiger partial charge is 0.280 e. The zero-order chi connectivity index (χ0) is 10.7. The van der Waals surface area contributed by atoms with Gasteiger partial charge >= 0.3 is 0 Å². The zero-order valence-corrected chi connectivity index (χ0v) is 9.33. The lowest BCUT2D eigenvalue weighted by molar-refractivity contribution is 0.141. The maximum Gasteiger partial charge on any atom is 0.280 e. The summed E-state index contributed by atoms with van der Waals surface area (Å²) in [5.41, 5.74) is 5.51. The number of aliphatic hydroxyl groups is 1. The van der Waals surface area contributed by atoms with Crippen molar-refractivity contribution in [2.75, 3.05) is 0 Å². The number of hydrogen-bond acceptors (Lipinski definition) is 3. The van der Waals surface area contributed by atoms with E-state index in [4.69, 9.17) is 10.8 Å². The first kappa shape index (κ1) is 11.7. The van der Waals surface area contributed by atoms with E-state index in [1.54, 1.807) is 6.07 Å². The predicted molar refractivity (Wildman–Crippen MR) is 55.7 cm³/mol. The summed E-state index contributed by atoms with van der Waals surface area (Å²) in [6.07, 6.45) is -2.68. The number of aromatic nitrogens is 1. The van der Waals surface area contributed by atoms with E-state index in [0.29, 0.717) is 9.26 Å². The fourth-order valence-electron chi connectivity index (χ4n) is 1.05. The van der Waals surface area contributed by atoms with Crippen LogP contribution in [0, 0.1) is 3.57 Å². The predicted octanol–water partition coefficient (Wildman–Crippen LogP) is 1.57. The van der Waals surface area contributed by atoms with Gasteiger partial charge in [0.15, 0.2) is 0 Å². The Morgan fingerprint density at radius 2 is 2.21 bits per heavy atom. The van der Waals surface area contributed by atoms with Crippen LogP contribution in [-0.2, 0) is 13.2 Å². The summed E-state index contributed by atoms with van der Waals surface area (Å²) in [5.74, 6) is 0. The number of hydrogen-bond donors (Lipinski definition) is 2. The van der Waals surface area contributed by atoms with Gasteiger partial charge in [-0.25, -0.2) is 8.78 Å². The van der Waals surface area contributed by atoms with Crippen molar-refractivity contribution in [3.05, 3.63) is 26.6 Å². The molecule has 0 fully saturated rings. The van der Waals surface area contributed by atoms with Gasteiger partial charge in [0.1, 0.15) is 5.69 Å². The minimum atomic E-state index is -2.68. The molecular formula is C8H9F2IN2O. The molecule has 1 aromatic rings. The van der Waals surface area contributed by atoms with E-state index in [0.717, 1.165) is 0 Å². The summed E-state index contributed by atoms with van der Waals surface area (Å²) in [6.45, 7) is -0.322. The van der Waals surface area contributed by atoms with Crippen LogP contribution in [0.3, 0.4) is 0 Å². The molecule has 0 bridgehead atoms. The van der Waals surface area contributed by atoms with E-state index in [1.807, 2.05) is 22.6 Å². The molecular weight excluding hydrogens is 305 g/mol. The molecule has 0 saturated heterocycles. The van der Waals surface area contributed by atoms with Crippen LogP contribution < -0.4 is 5.73 Å². The number of nitrogens with zero attached hydrogens (tertiary/aromatic N) is 1. The fourth-order valence-corrected chi connectivity index (χ4v) is 1.86. The zero-order valence-electron chi connectivity index (χ0n) is 7.17. The van der Waals surface area contributed by atoms with Crippen molar-refractivity contribution in [2.24, 2.45) is 5.73 Å². The molecule has 1 rings (SSSR count). The van der Waals surface area contributed by atoms with Gasteiger partial charge in [0.05, 0.1) is 12.3 Å². The lowest BCUT2D eigenvalue weighted by Crippen LogP contribution is -2.08. The van der Waals surface area contributed by atoms with Crippen LogP contribution in [0.1, 0.15) is 23.4 Å². The Morgan fingerprint density at radius 3 is 2.64 bits per heavy atom. The second-order valence-corrected chi connectivity index (χ2v) is 3.78. The number of pyridine rings is 1. The van der Waals surface area contributed by atoms with E-state index >= 15 is 0 Å². The first-order valence-corrected chi connectivity index (χ1v) is 4.95. The van der Waals surface area contributed by atoms with Crippen molar-refractivity contribution in [3.8, 4) is 0 Å². The summed E-state index contributed by atoms with van der Waals surface area (Å²) >= 11 is 1.88. The van der Waals surface area contributed by atoms with Gasteiger partial charge in [-0.05, 0) is 28.7 Å². The number of nitrogens with two attached hydrogens (primary N) is 1. The summed E-state index contributed by atoms with van der Waals surface area (Å²) in [4.78, 5) is 3.68. The van der Waals surface area contributed by atoms with Crippen molar-refractivity contribution in [1.82, 2.24) is 4.98 Å². The van der Waals surface area contributed by atoms with Crippen molar-refractivity contribution >= 4 is 22.6 Å². The fraction of sp³-hybridized carbons (Fsp3) is 0.375. The highest BCUT2D eigenvalue weighted by Gasteiger charge is 2.17. The summed E-state index contributed by atoms with van der Waals surface area (Å²) in [5, 5.41) is 8.90. The Hall–Kier alpha value is -0.340. The lowest BCUT2D eigenvalue weighted by atomic mass is 10.2. The topological polar surface area (TPSA) is 59.1 Å². The molecule has 3 nitrogen and oxygen atoms in total. The molecule has 0 unspecified atom stereocenters. The summed E-state index contributed by atoms with van der Waals surface area (Å²) in [7, 11) is 0. The second-order valence-electron chi connectivity index (χ2n) is 2.62. The highest BCUT2D eigenvalue weighted by Crippen LogP contribution is 2.25. The Kier molecular flexibility index (Phi) is 4.14. The molecule has 0 amide bonds. The van der Waals surface area contributed by atoms with Gasteiger partial charge < -0.3 is 10.8 Å². The maximum absolute atomic E-state index is 12.5.